The van der Waals surface area contributed by atoms with Gasteiger partial charge in [-0.15, -0.1) is 0 Å². The Kier molecular flexibility index (Phi) is 5.33. The highest BCUT2D eigenvalue weighted by Crippen LogP contribution is 2.29. The molecule has 2 rings (SSSR count). The molecule has 0 aliphatic heterocycles. The van der Waals surface area contributed by atoms with Gasteiger partial charge in [-0.25, -0.2) is 0 Å². The Labute approximate surface area is 121 Å². The fraction of sp³-hybridized carbons (Fsp3) is 0.333. The molecule has 2 nitrogen and oxygen atoms in total. The molecule has 3 N–H and O–H groups in total. The van der Waals surface area contributed by atoms with Crippen LogP contribution < -0.4 is 5.73 Å². The van der Waals surface area contributed by atoms with E-state index in [-0.39, 0.29) is 6.04 Å². The van der Waals surface area contributed by atoms with Crippen molar-refractivity contribution in [2.45, 2.75) is 37.8 Å². The van der Waals surface area contributed by atoms with E-state index in [4.69, 9.17) is 5.73 Å². The summed E-state index contributed by atoms with van der Waals surface area (Å²) in [5.41, 5.74) is 8.58. The van der Waals surface area contributed by atoms with Crippen molar-refractivity contribution in [1.82, 2.24) is 0 Å². The molecule has 2 heteroatoms. The van der Waals surface area contributed by atoms with Crippen molar-refractivity contribution in [1.29, 1.82) is 0 Å². The maximum Gasteiger partial charge on any atom is 0.0662 e. The molecule has 0 heterocycles. The van der Waals surface area contributed by atoms with Crippen molar-refractivity contribution in [2.24, 2.45) is 5.73 Å². The fourth-order valence-electron chi connectivity index (χ4n) is 2.50. The average molecular weight is 269 g/mol. The highest BCUT2D eigenvalue weighted by Gasteiger charge is 2.17. The molecule has 0 radical (unpaired) electrons. The van der Waals surface area contributed by atoms with Crippen molar-refractivity contribution >= 4 is 0 Å². The number of rotatable bonds is 6. The molecule has 20 heavy (non-hydrogen) atoms. The quantitative estimate of drug-likeness (QED) is 0.845. The van der Waals surface area contributed by atoms with Gasteiger partial charge >= 0.3 is 0 Å². The number of aliphatic hydroxyl groups excluding tert-OH is 1. The van der Waals surface area contributed by atoms with Crippen LogP contribution in [-0.2, 0) is 0 Å². The van der Waals surface area contributed by atoms with Crippen molar-refractivity contribution in [3.63, 3.8) is 0 Å². The lowest BCUT2D eigenvalue weighted by atomic mass is 9.86. The van der Waals surface area contributed by atoms with Gasteiger partial charge in [-0.1, -0.05) is 60.7 Å². The summed E-state index contributed by atoms with van der Waals surface area (Å²) < 4.78 is 0. The Morgan fingerprint density at radius 3 is 1.70 bits per heavy atom. The lowest BCUT2D eigenvalue weighted by Gasteiger charge is -2.21. The molecular formula is C18H23NO. The first-order valence-electron chi connectivity index (χ1n) is 7.22. The Hall–Kier alpha value is -1.64. The molecule has 0 saturated heterocycles. The van der Waals surface area contributed by atoms with Crippen LogP contribution in [0.1, 0.15) is 36.8 Å². The van der Waals surface area contributed by atoms with Gasteiger partial charge in [0.15, 0.2) is 0 Å². The minimum atomic E-state index is -0.456. The molecule has 2 unspecified atom stereocenters. The first kappa shape index (κ1) is 14.8. The normalized spacial score (nSPS) is 14.2. The molecule has 2 aromatic carbocycles. The van der Waals surface area contributed by atoms with Crippen LogP contribution in [0.15, 0.2) is 60.7 Å². The molecule has 0 saturated carbocycles. The maximum absolute atomic E-state index is 9.55. The Morgan fingerprint density at radius 2 is 1.30 bits per heavy atom. The largest absolute Gasteiger partial charge is 0.392 e. The van der Waals surface area contributed by atoms with Crippen LogP contribution in [-0.4, -0.2) is 17.3 Å². The molecule has 0 aliphatic rings. The zero-order chi connectivity index (χ0) is 14.4. The summed E-state index contributed by atoms with van der Waals surface area (Å²) in [5, 5.41) is 9.55. The topological polar surface area (TPSA) is 46.2 Å². The van der Waals surface area contributed by atoms with Gasteiger partial charge in [0.2, 0.25) is 0 Å². The SMILES string of the molecule is CC(O)C(N)CCC(c1ccccc1)c1ccccc1. The highest BCUT2D eigenvalue weighted by atomic mass is 16.3. The van der Waals surface area contributed by atoms with Crippen LogP contribution in [0.25, 0.3) is 0 Å². The number of hydrogen-bond donors (Lipinski definition) is 2. The molecule has 0 aliphatic carbocycles. The molecule has 0 bridgehead atoms. The van der Waals surface area contributed by atoms with Gasteiger partial charge in [0, 0.05) is 12.0 Å². The minimum absolute atomic E-state index is 0.162. The van der Waals surface area contributed by atoms with Gasteiger partial charge in [0.05, 0.1) is 6.10 Å². The van der Waals surface area contributed by atoms with Crippen molar-refractivity contribution in [3.8, 4) is 0 Å². The van der Waals surface area contributed by atoms with E-state index in [1.54, 1.807) is 6.92 Å². The van der Waals surface area contributed by atoms with Crippen molar-refractivity contribution in [3.05, 3.63) is 71.8 Å². The molecule has 2 aromatic rings. The lowest BCUT2D eigenvalue weighted by Crippen LogP contribution is -2.32. The fourth-order valence-corrected chi connectivity index (χ4v) is 2.50. The summed E-state index contributed by atoms with van der Waals surface area (Å²) in [6.07, 6.45) is 1.30. The predicted octanol–water partition coefficient (Wildman–Crippen LogP) is 3.31. The second-order valence-corrected chi connectivity index (χ2v) is 5.36. The van der Waals surface area contributed by atoms with E-state index < -0.39 is 6.10 Å². The van der Waals surface area contributed by atoms with E-state index in [9.17, 15) is 5.11 Å². The van der Waals surface area contributed by atoms with Crippen LogP contribution in [0.5, 0.6) is 0 Å². The third-order valence-electron chi connectivity index (χ3n) is 3.81. The number of hydrogen-bond acceptors (Lipinski definition) is 2. The number of aliphatic hydroxyl groups is 1. The molecule has 106 valence electrons. The summed E-state index contributed by atoms with van der Waals surface area (Å²) in [5.74, 6) is 0.335. The summed E-state index contributed by atoms with van der Waals surface area (Å²) >= 11 is 0. The zero-order valence-electron chi connectivity index (χ0n) is 11.9. The third kappa shape index (κ3) is 3.92. The van der Waals surface area contributed by atoms with Crippen LogP contribution in [0.2, 0.25) is 0 Å². The third-order valence-corrected chi connectivity index (χ3v) is 3.81. The minimum Gasteiger partial charge on any atom is -0.392 e. The summed E-state index contributed by atoms with van der Waals surface area (Å²) in [4.78, 5) is 0. The van der Waals surface area contributed by atoms with Gasteiger partial charge in [-0.05, 0) is 30.9 Å². The first-order chi connectivity index (χ1) is 9.68. The Balaban J connectivity index is 2.17. The average Bonchev–Trinajstić information content (AvgIpc) is 2.49. The standard InChI is InChI=1S/C18H23NO/c1-14(20)18(19)13-12-17(15-8-4-2-5-9-15)16-10-6-3-7-11-16/h2-11,14,17-18,20H,12-13,19H2,1H3. The molecule has 0 spiro atoms. The Bertz CT molecular complexity index is 456. The maximum atomic E-state index is 9.55. The second kappa shape index (κ2) is 7.22. The first-order valence-corrected chi connectivity index (χ1v) is 7.22. The number of benzene rings is 2. The van der Waals surface area contributed by atoms with E-state index in [0.29, 0.717) is 5.92 Å². The van der Waals surface area contributed by atoms with E-state index in [0.717, 1.165) is 12.8 Å². The van der Waals surface area contributed by atoms with Crippen LogP contribution in [0, 0.1) is 0 Å². The van der Waals surface area contributed by atoms with Crippen LogP contribution >= 0.6 is 0 Å². The van der Waals surface area contributed by atoms with Crippen molar-refractivity contribution in [2.75, 3.05) is 0 Å². The van der Waals surface area contributed by atoms with Crippen molar-refractivity contribution < 1.29 is 5.11 Å². The monoisotopic (exact) mass is 269 g/mol. The van der Waals surface area contributed by atoms with Gasteiger partial charge in [0.25, 0.3) is 0 Å². The lowest BCUT2D eigenvalue weighted by molar-refractivity contribution is 0.157. The summed E-state index contributed by atoms with van der Waals surface area (Å²) in [6, 6.07) is 20.8. The van der Waals surface area contributed by atoms with E-state index in [1.807, 2.05) is 12.1 Å². The zero-order valence-corrected chi connectivity index (χ0v) is 11.9. The van der Waals surface area contributed by atoms with E-state index in [2.05, 4.69) is 48.5 Å². The highest BCUT2D eigenvalue weighted by molar-refractivity contribution is 5.32. The van der Waals surface area contributed by atoms with Gasteiger partial charge in [-0.3, -0.25) is 0 Å². The summed E-state index contributed by atoms with van der Waals surface area (Å²) in [7, 11) is 0. The van der Waals surface area contributed by atoms with Crippen LogP contribution in [0.3, 0.4) is 0 Å². The Morgan fingerprint density at radius 1 is 0.850 bits per heavy atom. The molecule has 2 atom stereocenters. The summed E-state index contributed by atoms with van der Waals surface area (Å²) in [6.45, 7) is 1.75. The smallest absolute Gasteiger partial charge is 0.0662 e. The second-order valence-electron chi connectivity index (χ2n) is 5.36. The van der Waals surface area contributed by atoms with Gasteiger partial charge < -0.3 is 10.8 Å². The van der Waals surface area contributed by atoms with Gasteiger partial charge in [0.1, 0.15) is 0 Å². The van der Waals surface area contributed by atoms with E-state index in [1.165, 1.54) is 11.1 Å². The number of nitrogens with two attached hydrogens (primary N) is 1. The molecule has 0 aromatic heterocycles. The molecular weight excluding hydrogens is 246 g/mol. The molecule has 0 fully saturated rings. The van der Waals surface area contributed by atoms with Crippen LogP contribution in [0.4, 0.5) is 0 Å². The van der Waals surface area contributed by atoms with E-state index >= 15 is 0 Å². The molecule has 0 amide bonds. The van der Waals surface area contributed by atoms with Gasteiger partial charge in [-0.2, -0.15) is 0 Å². The predicted molar refractivity (Wildman–Crippen MR) is 83.6 cm³/mol.